The van der Waals surface area contributed by atoms with Crippen LogP contribution in [0.2, 0.25) is 0 Å². The van der Waals surface area contributed by atoms with E-state index in [-0.39, 0.29) is 18.6 Å². The number of ether oxygens (including phenoxy) is 1. The van der Waals surface area contributed by atoms with Crippen molar-refractivity contribution >= 4 is 0 Å². The van der Waals surface area contributed by atoms with Gasteiger partial charge in [0.05, 0.1) is 24.0 Å². The molecule has 8 heteroatoms. The van der Waals surface area contributed by atoms with E-state index in [2.05, 4.69) is 16.5 Å². The molecule has 1 aliphatic heterocycles. The Hall–Kier alpha value is -2.29. The first-order chi connectivity index (χ1) is 13.4. The van der Waals surface area contributed by atoms with Gasteiger partial charge in [0.2, 0.25) is 0 Å². The molecule has 0 saturated carbocycles. The van der Waals surface area contributed by atoms with Crippen LogP contribution >= 0.6 is 0 Å². The van der Waals surface area contributed by atoms with E-state index in [1.807, 2.05) is 4.90 Å². The standard InChI is InChI=1S/C20H22F3N3O2/c1-2-19(27)26-11-15(9-17-10-24-6-7-25-17)18(12-26)28-13-14-4-3-5-16(8-14)20(21,22)23/h2-8,10,15,18-19,27H,1,9,11-13H2/t15-,18-,19?/m1/s1. The minimum Gasteiger partial charge on any atom is -0.375 e. The molecule has 3 rings (SSSR count). The molecule has 1 aromatic heterocycles. The summed E-state index contributed by atoms with van der Waals surface area (Å²) in [6.07, 6.45) is 1.47. The summed E-state index contributed by atoms with van der Waals surface area (Å²) in [7, 11) is 0. The molecule has 1 aliphatic rings. The molecular formula is C20H22F3N3O2. The number of hydrogen-bond acceptors (Lipinski definition) is 5. The van der Waals surface area contributed by atoms with Gasteiger partial charge < -0.3 is 9.84 Å². The summed E-state index contributed by atoms with van der Waals surface area (Å²) < 4.78 is 44.6. The molecule has 1 unspecified atom stereocenters. The van der Waals surface area contributed by atoms with Crippen LogP contribution < -0.4 is 0 Å². The molecule has 0 bridgehead atoms. The topological polar surface area (TPSA) is 58.5 Å². The number of nitrogens with zero attached hydrogens (tertiary/aromatic N) is 3. The van der Waals surface area contributed by atoms with E-state index >= 15 is 0 Å². The fourth-order valence-electron chi connectivity index (χ4n) is 3.37. The number of likely N-dealkylation sites (tertiary alicyclic amines) is 1. The highest BCUT2D eigenvalue weighted by Gasteiger charge is 2.36. The van der Waals surface area contributed by atoms with Crippen LogP contribution in [0.4, 0.5) is 13.2 Å². The van der Waals surface area contributed by atoms with Gasteiger partial charge in [-0.05, 0) is 30.2 Å². The maximum atomic E-state index is 12.9. The Morgan fingerprint density at radius 1 is 1.32 bits per heavy atom. The zero-order valence-electron chi connectivity index (χ0n) is 15.2. The molecule has 1 fully saturated rings. The van der Waals surface area contributed by atoms with Crippen LogP contribution in [0.25, 0.3) is 0 Å². The van der Waals surface area contributed by atoms with Crippen molar-refractivity contribution in [2.45, 2.75) is 31.5 Å². The number of aliphatic hydroxyl groups excluding tert-OH is 1. The third-order valence-corrected chi connectivity index (χ3v) is 4.80. The van der Waals surface area contributed by atoms with Crippen LogP contribution in [0.5, 0.6) is 0 Å². The smallest absolute Gasteiger partial charge is 0.375 e. The molecule has 2 aromatic rings. The van der Waals surface area contributed by atoms with Crippen LogP contribution in [-0.2, 0) is 23.9 Å². The molecule has 0 aliphatic carbocycles. The van der Waals surface area contributed by atoms with E-state index in [0.717, 1.165) is 17.8 Å². The average molecular weight is 393 g/mol. The number of alkyl halides is 3. The minimum atomic E-state index is -4.39. The highest BCUT2D eigenvalue weighted by Crippen LogP contribution is 2.30. The van der Waals surface area contributed by atoms with Crippen LogP contribution in [-0.4, -0.2) is 45.4 Å². The number of rotatable bonds is 7. The Balaban J connectivity index is 1.69. The fourth-order valence-corrected chi connectivity index (χ4v) is 3.37. The van der Waals surface area contributed by atoms with Crippen molar-refractivity contribution in [3.63, 3.8) is 0 Å². The van der Waals surface area contributed by atoms with E-state index in [1.165, 1.54) is 12.1 Å². The van der Waals surface area contributed by atoms with Crippen LogP contribution in [0.3, 0.4) is 0 Å². The molecule has 1 N–H and O–H groups in total. The van der Waals surface area contributed by atoms with Gasteiger partial charge in [-0.15, -0.1) is 0 Å². The highest BCUT2D eigenvalue weighted by molar-refractivity contribution is 5.25. The lowest BCUT2D eigenvalue weighted by atomic mass is 10.00. The SMILES string of the molecule is C=CC(O)N1C[C@@H](Cc2cnccn2)[C@H](OCc2cccc(C(F)(F)F)c2)C1. The van der Waals surface area contributed by atoms with Crippen molar-refractivity contribution in [2.24, 2.45) is 5.92 Å². The normalized spacial score (nSPS) is 21.6. The first-order valence-corrected chi connectivity index (χ1v) is 8.94. The van der Waals surface area contributed by atoms with E-state index in [0.29, 0.717) is 25.1 Å². The van der Waals surface area contributed by atoms with Gasteiger partial charge in [-0.3, -0.25) is 14.9 Å². The molecule has 5 nitrogen and oxygen atoms in total. The average Bonchev–Trinajstić information content (AvgIpc) is 3.09. The van der Waals surface area contributed by atoms with E-state index in [9.17, 15) is 18.3 Å². The second kappa shape index (κ2) is 8.81. The molecule has 0 radical (unpaired) electrons. The van der Waals surface area contributed by atoms with Crippen LogP contribution in [0.15, 0.2) is 55.5 Å². The lowest BCUT2D eigenvalue weighted by Crippen LogP contribution is -2.32. The van der Waals surface area contributed by atoms with Crippen molar-refractivity contribution < 1.29 is 23.0 Å². The van der Waals surface area contributed by atoms with Gasteiger partial charge in [-0.25, -0.2) is 0 Å². The minimum absolute atomic E-state index is 0.0251. The summed E-state index contributed by atoms with van der Waals surface area (Å²) in [6.45, 7) is 4.69. The van der Waals surface area contributed by atoms with Crippen molar-refractivity contribution in [3.05, 3.63) is 72.3 Å². The lowest BCUT2D eigenvalue weighted by molar-refractivity contribution is -0.137. The van der Waals surface area contributed by atoms with Gasteiger partial charge in [-0.2, -0.15) is 13.2 Å². The fraction of sp³-hybridized carbons (Fsp3) is 0.400. The molecule has 3 atom stereocenters. The summed E-state index contributed by atoms with van der Waals surface area (Å²) in [5.41, 5.74) is 0.561. The van der Waals surface area contributed by atoms with Gasteiger partial charge in [0.25, 0.3) is 0 Å². The summed E-state index contributed by atoms with van der Waals surface area (Å²) in [5.74, 6) is 0.0251. The molecule has 150 valence electrons. The highest BCUT2D eigenvalue weighted by atomic mass is 19.4. The third kappa shape index (κ3) is 5.15. The zero-order chi connectivity index (χ0) is 20.1. The number of benzene rings is 1. The Morgan fingerprint density at radius 2 is 2.14 bits per heavy atom. The number of hydrogen-bond donors (Lipinski definition) is 1. The number of aromatic nitrogens is 2. The molecular weight excluding hydrogens is 371 g/mol. The summed E-state index contributed by atoms with van der Waals surface area (Å²) in [5, 5.41) is 10.1. The van der Waals surface area contributed by atoms with E-state index in [4.69, 9.17) is 4.74 Å². The van der Waals surface area contributed by atoms with E-state index in [1.54, 1.807) is 24.7 Å². The second-order valence-corrected chi connectivity index (χ2v) is 6.81. The monoisotopic (exact) mass is 393 g/mol. The zero-order valence-corrected chi connectivity index (χ0v) is 15.2. The Labute approximate surface area is 161 Å². The summed E-state index contributed by atoms with van der Waals surface area (Å²) in [6, 6.07) is 5.13. The maximum Gasteiger partial charge on any atom is 0.416 e. The molecule has 0 spiro atoms. The summed E-state index contributed by atoms with van der Waals surface area (Å²) in [4.78, 5) is 10.2. The molecule has 28 heavy (non-hydrogen) atoms. The van der Waals surface area contributed by atoms with E-state index < -0.39 is 18.0 Å². The Bertz CT molecular complexity index is 786. The predicted molar refractivity (Wildman–Crippen MR) is 97.0 cm³/mol. The maximum absolute atomic E-state index is 12.9. The largest absolute Gasteiger partial charge is 0.416 e. The number of aliphatic hydroxyl groups is 1. The number of halogens is 3. The Morgan fingerprint density at radius 3 is 2.82 bits per heavy atom. The second-order valence-electron chi connectivity index (χ2n) is 6.81. The Kier molecular flexibility index (Phi) is 6.43. The molecule has 2 heterocycles. The third-order valence-electron chi connectivity index (χ3n) is 4.80. The first-order valence-electron chi connectivity index (χ1n) is 8.94. The summed E-state index contributed by atoms with van der Waals surface area (Å²) >= 11 is 0. The van der Waals surface area contributed by atoms with Gasteiger partial charge in [0, 0.05) is 37.6 Å². The van der Waals surface area contributed by atoms with Crippen molar-refractivity contribution in [1.82, 2.24) is 14.9 Å². The van der Waals surface area contributed by atoms with Crippen molar-refractivity contribution in [1.29, 1.82) is 0 Å². The van der Waals surface area contributed by atoms with Crippen LogP contribution in [0.1, 0.15) is 16.8 Å². The van der Waals surface area contributed by atoms with Gasteiger partial charge >= 0.3 is 6.18 Å². The lowest BCUT2D eigenvalue weighted by Gasteiger charge is -2.20. The molecule has 0 amide bonds. The first kappa shape index (κ1) is 20.4. The van der Waals surface area contributed by atoms with Crippen molar-refractivity contribution in [3.8, 4) is 0 Å². The van der Waals surface area contributed by atoms with Gasteiger partial charge in [0.1, 0.15) is 6.23 Å². The quantitative estimate of drug-likeness (QED) is 0.733. The van der Waals surface area contributed by atoms with Gasteiger partial charge in [0.15, 0.2) is 0 Å². The van der Waals surface area contributed by atoms with Gasteiger partial charge in [-0.1, -0.05) is 18.7 Å². The van der Waals surface area contributed by atoms with Crippen molar-refractivity contribution in [2.75, 3.05) is 13.1 Å². The molecule has 1 saturated heterocycles. The predicted octanol–water partition coefficient (Wildman–Crippen LogP) is 3.06. The van der Waals surface area contributed by atoms with Crippen LogP contribution in [0, 0.1) is 5.92 Å². The molecule has 1 aromatic carbocycles.